The third-order valence-corrected chi connectivity index (χ3v) is 3.58. The molecule has 90 valence electrons. The van der Waals surface area contributed by atoms with E-state index in [4.69, 9.17) is 22.1 Å². The van der Waals surface area contributed by atoms with Crippen molar-refractivity contribution in [3.05, 3.63) is 29.0 Å². The highest BCUT2D eigenvalue weighted by Gasteiger charge is 2.36. The molecule has 0 spiro atoms. The molecule has 4 nitrogen and oxygen atoms in total. The molecule has 1 atom stereocenters. The lowest BCUT2D eigenvalue weighted by molar-refractivity contribution is 0.175. The van der Waals surface area contributed by atoms with Crippen molar-refractivity contribution in [3.63, 3.8) is 0 Å². The van der Waals surface area contributed by atoms with Crippen LogP contribution in [0, 0.1) is 0 Å². The maximum absolute atomic E-state index is 6.34. The highest BCUT2D eigenvalue weighted by atomic mass is 35.5. The first-order valence-electron chi connectivity index (χ1n) is 5.59. The summed E-state index contributed by atoms with van der Waals surface area (Å²) in [4.78, 5) is 4.61. The van der Waals surface area contributed by atoms with Gasteiger partial charge in [-0.3, -0.25) is 0 Å². The van der Waals surface area contributed by atoms with Crippen molar-refractivity contribution in [2.75, 3.05) is 13.2 Å². The number of fused-ring (bicyclic) bond motifs is 1. The first-order valence-corrected chi connectivity index (χ1v) is 5.97. The lowest BCUT2D eigenvalue weighted by atomic mass is 9.99. The number of nitrogens with zero attached hydrogens (tertiary/aromatic N) is 2. The van der Waals surface area contributed by atoms with E-state index in [-0.39, 0.29) is 0 Å². The Balaban J connectivity index is 2.20. The van der Waals surface area contributed by atoms with Crippen molar-refractivity contribution in [3.8, 4) is 0 Å². The van der Waals surface area contributed by atoms with Crippen LogP contribution in [0.3, 0.4) is 0 Å². The monoisotopic (exact) mass is 251 g/mol. The number of aryl methyl sites for hydroxylation is 1. The second-order valence-electron chi connectivity index (χ2n) is 4.59. The molecule has 1 unspecified atom stereocenters. The van der Waals surface area contributed by atoms with E-state index in [1.165, 1.54) is 0 Å². The van der Waals surface area contributed by atoms with Crippen LogP contribution in [-0.4, -0.2) is 22.8 Å². The fourth-order valence-corrected chi connectivity index (χ4v) is 2.53. The van der Waals surface area contributed by atoms with Gasteiger partial charge in [0.1, 0.15) is 11.4 Å². The van der Waals surface area contributed by atoms with E-state index in [0.717, 1.165) is 23.3 Å². The summed E-state index contributed by atoms with van der Waals surface area (Å²) < 4.78 is 7.39. The Kier molecular flexibility index (Phi) is 2.40. The molecule has 0 amide bonds. The second-order valence-corrected chi connectivity index (χ2v) is 5.02. The van der Waals surface area contributed by atoms with Crippen molar-refractivity contribution >= 4 is 22.6 Å². The lowest BCUT2D eigenvalue weighted by Crippen LogP contribution is -2.39. The molecule has 1 saturated heterocycles. The molecule has 0 radical (unpaired) electrons. The van der Waals surface area contributed by atoms with Gasteiger partial charge in [0.15, 0.2) is 0 Å². The number of imidazole rings is 1. The van der Waals surface area contributed by atoms with Gasteiger partial charge in [-0.2, -0.15) is 0 Å². The molecule has 2 N–H and O–H groups in total. The SMILES string of the molecule is Cn1c(C2(N)CCOC2)nc2ccc(Cl)cc21. The van der Waals surface area contributed by atoms with Crippen LogP contribution in [0.5, 0.6) is 0 Å². The Labute approximate surface area is 104 Å². The van der Waals surface area contributed by atoms with Crippen LogP contribution >= 0.6 is 11.6 Å². The van der Waals surface area contributed by atoms with E-state index in [9.17, 15) is 0 Å². The van der Waals surface area contributed by atoms with Crippen molar-refractivity contribution < 1.29 is 4.74 Å². The summed E-state index contributed by atoms with van der Waals surface area (Å²) in [6.45, 7) is 1.22. The molecule has 5 heteroatoms. The van der Waals surface area contributed by atoms with Gasteiger partial charge in [0.25, 0.3) is 0 Å². The minimum absolute atomic E-state index is 0.472. The van der Waals surface area contributed by atoms with Gasteiger partial charge in [-0.25, -0.2) is 4.98 Å². The molecular formula is C12H14ClN3O. The van der Waals surface area contributed by atoms with Crippen molar-refractivity contribution in [1.29, 1.82) is 0 Å². The predicted molar refractivity (Wildman–Crippen MR) is 67.0 cm³/mol. The molecule has 1 fully saturated rings. The van der Waals surface area contributed by atoms with Crippen LogP contribution in [0.4, 0.5) is 0 Å². The van der Waals surface area contributed by atoms with E-state index in [1.807, 2.05) is 29.8 Å². The van der Waals surface area contributed by atoms with Gasteiger partial charge < -0.3 is 15.0 Å². The van der Waals surface area contributed by atoms with Crippen molar-refractivity contribution in [2.24, 2.45) is 12.8 Å². The van der Waals surface area contributed by atoms with Crippen LogP contribution in [0.2, 0.25) is 5.02 Å². The van der Waals surface area contributed by atoms with E-state index in [2.05, 4.69) is 4.98 Å². The topological polar surface area (TPSA) is 53.1 Å². The smallest absolute Gasteiger partial charge is 0.132 e. The Morgan fingerprint density at radius 1 is 1.53 bits per heavy atom. The summed E-state index contributed by atoms with van der Waals surface area (Å²) in [6.07, 6.45) is 0.803. The van der Waals surface area contributed by atoms with Gasteiger partial charge >= 0.3 is 0 Å². The highest BCUT2D eigenvalue weighted by Crippen LogP contribution is 2.30. The van der Waals surface area contributed by atoms with Crippen molar-refractivity contribution in [1.82, 2.24) is 9.55 Å². The van der Waals surface area contributed by atoms with Crippen LogP contribution in [-0.2, 0) is 17.3 Å². The molecule has 0 aliphatic carbocycles. The van der Waals surface area contributed by atoms with Gasteiger partial charge in [0.2, 0.25) is 0 Å². The largest absolute Gasteiger partial charge is 0.379 e. The maximum Gasteiger partial charge on any atom is 0.132 e. The molecule has 2 heterocycles. The summed E-state index contributed by atoms with van der Waals surface area (Å²) >= 11 is 6.00. The normalized spacial score (nSPS) is 24.6. The molecule has 1 aliphatic heterocycles. The van der Waals surface area contributed by atoms with Gasteiger partial charge in [-0.15, -0.1) is 0 Å². The van der Waals surface area contributed by atoms with Crippen molar-refractivity contribution in [2.45, 2.75) is 12.0 Å². The first-order chi connectivity index (χ1) is 8.10. The van der Waals surface area contributed by atoms with Gasteiger partial charge in [0, 0.05) is 18.7 Å². The standard InChI is InChI=1S/C12H14ClN3O/c1-16-10-6-8(13)2-3-9(10)15-11(16)12(14)4-5-17-7-12/h2-3,6H,4-5,7,14H2,1H3. The number of rotatable bonds is 1. The molecule has 1 aliphatic rings. The summed E-state index contributed by atoms with van der Waals surface area (Å²) in [5, 5.41) is 0.709. The lowest BCUT2D eigenvalue weighted by Gasteiger charge is -2.20. The fourth-order valence-electron chi connectivity index (χ4n) is 2.37. The minimum atomic E-state index is -0.472. The fraction of sp³-hybridized carbons (Fsp3) is 0.417. The van der Waals surface area contributed by atoms with Crippen LogP contribution in [0.25, 0.3) is 11.0 Å². The molecule has 17 heavy (non-hydrogen) atoms. The van der Waals surface area contributed by atoms with Crippen LogP contribution in [0.15, 0.2) is 18.2 Å². The van der Waals surface area contributed by atoms with E-state index in [1.54, 1.807) is 0 Å². The highest BCUT2D eigenvalue weighted by molar-refractivity contribution is 6.31. The summed E-state index contributed by atoms with van der Waals surface area (Å²) in [5.74, 6) is 0.868. The Morgan fingerprint density at radius 3 is 3.06 bits per heavy atom. The number of ether oxygens (including phenoxy) is 1. The second kappa shape index (κ2) is 3.70. The molecular weight excluding hydrogens is 238 g/mol. The molecule has 0 bridgehead atoms. The van der Waals surface area contributed by atoms with Crippen LogP contribution < -0.4 is 5.73 Å². The number of benzene rings is 1. The molecule has 1 aromatic carbocycles. The summed E-state index contributed by atoms with van der Waals surface area (Å²) in [6, 6.07) is 5.67. The first kappa shape index (κ1) is 11.0. The Hall–Kier alpha value is -1.10. The number of halogens is 1. The number of hydrogen-bond acceptors (Lipinski definition) is 3. The third kappa shape index (κ3) is 1.64. The average molecular weight is 252 g/mol. The minimum Gasteiger partial charge on any atom is -0.379 e. The predicted octanol–water partition coefficient (Wildman–Crippen LogP) is 1.80. The van der Waals surface area contributed by atoms with Gasteiger partial charge in [0.05, 0.1) is 17.6 Å². The van der Waals surface area contributed by atoms with Gasteiger partial charge in [-0.1, -0.05) is 11.6 Å². The average Bonchev–Trinajstić information content (AvgIpc) is 2.86. The van der Waals surface area contributed by atoms with Gasteiger partial charge in [-0.05, 0) is 24.6 Å². The maximum atomic E-state index is 6.34. The number of hydrogen-bond donors (Lipinski definition) is 1. The summed E-state index contributed by atoms with van der Waals surface area (Å²) in [7, 11) is 1.97. The quantitative estimate of drug-likeness (QED) is 0.841. The van der Waals surface area contributed by atoms with E-state index >= 15 is 0 Å². The molecule has 3 rings (SSSR count). The zero-order valence-corrected chi connectivity index (χ0v) is 10.4. The van der Waals surface area contributed by atoms with Crippen LogP contribution in [0.1, 0.15) is 12.2 Å². The van der Waals surface area contributed by atoms with E-state index < -0.39 is 5.54 Å². The molecule has 2 aromatic rings. The molecule has 1 aromatic heterocycles. The number of aromatic nitrogens is 2. The Bertz CT molecular complexity index is 572. The number of nitrogens with two attached hydrogens (primary N) is 1. The third-order valence-electron chi connectivity index (χ3n) is 3.34. The molecule has 0 saturated carbocycles. The Morgan fingerprint density at radius 2 is 2.35 bits per heavy atom. The summed E-state index contributed by atoms with van der Waals surface area (Å²) in [5.41, 5.74) is 7.79. The zero-order valence-electron chi connectivity index (χ0n) is 9.61. The van der Waals surface area contributed by atoms with E-state index in [0.29, 0.717) is 18.2 Å². The zero-order chi connectivity index (χ0) is 12.0.